The number of para-hydroxylation sites is 1. The van der Waals surface area contributed by atoms with Crippen LogP contribution >= 0.6 is 15.9 Å². The number of imide groups is 1. The van der Waals surface area contributed by atoms with E-state index in [9.17, 15) is 14.7 Å². The van der Waals surface area contributed by atoms with Crippen molar-refractivity contribution < 1.29 is 14.7 Å². The van der Waals surface area contributed by atoms with E-state index in [2.05, 4.69) is 15.9 Å². The van der Waals surface area contributed by atoms with E-state index < -0.39 is 5.91 Å². The van der Waals surface area contributed by atoms with Gasteiger partial charge < -0.3 is 5.11 Å². The monoisotopic (exact) mass is 357 g/mol. The van der Waals surface area contributed by atoms with Crippen molar-refractivity contribution in [3.63, 3.8) is 0 Å². The molecule has 2 amide bonds. The molecule has 110 valence electrons. The number of halogens is 1. The van der Waals surface area contributed by atoms with Gasteiger partial charge in [0.15, 0.2) is 0 Å². The zero-order valence-corrected chi connectivity index (χ0v) is 13.3. The van der Waals surface area contributed by atoms with Gasteiger partial charge >= 0.3 is 0 Å². The van der Waals surface area contributed by atoms with E-state index in [0.29, 0.717) is 16.8 Å². The summed E-state index contributed by atoms with van der Waals surface area (Å²) in [6.07, 6.45) is 0. The van der Waals surface area contributed by atoms with Gasteiger partial charge in [-0.25, -0.2) is 4.90 Å². The zero-order valence-electron chi connectivity index (χ0n) is 11.7. The molecule has 2 aromatic rings. The minimum absolute atomic E-state index is 0.131. The SMILES string of the molecule is CC(=O)N1C(=O)/C(=C(/O)c2ccc(Br)cc2)c2ccccc21. The highest BCUT2D eigenvalue weighted by atomic mass is 79.9. The van der Waals surface area contributed by atoms with E-state index in [1.807, 2.05) is 0 Å². The van der Waals surface area contributed by atoms with Crippen molar-refractivity contribution >= 4 is 44.8 Å². The molecular weight excluding hydrogens is 346 g/mol. The van der Waals surface area contributed by atoms with Crippen LogP contribution in [0.25, 0.3) is 11.3 Å². The first-order valence-corrected chi connectivity index (χ1v) is 7.43. The largest absolute Gasteiger partial charge is 0.506 e. The second-order valence-corrected chi connectivity index (χ2v) is 5.82. The molecule has 0 aromatic heterocycles. The highest BCUT2D eigenvalue weighted by Crippen LogP contribution is 2.40. The average molecular weight is 358 g/mol. The molecule has 1 heterocycles. The van der Waals surface area contributed by atoms with E-state index in [4.69, 9.17) is 0 Å². The average Bonchev–Trinajstić information content (AvgIpc) is 2.79. The smallest absolute Gasteiger partial charge is 0.269 e. The van der Waals surface area contributed by atoms with Gasteiger partial charge in [-0.15, -0.1) is 0 Å². The van der Waals surface area contributed by atoms with Gasteiger partial charge in [-0.05, 0) is 18.2 Å². The lowest BCUT2D eigenvalue weighted by Crippen LogP contribution is -2.31. The molecule has 3 rings (SSSR count). The number of aliphatic hydroxyl groups is 1. The molecule has 0 saturated carbocycles. The van der Waals surface area contributed by atoms with Gasteiger partial charge in [0.25, 0.3) is 5.91 Å². The van der Waals surface area contributed by atoms with Crippen LogP contribution in [0.3, 0.4) is 0 Å². The Kier molecular flexibility index (Phi) is 3.58. The third-order valence-corrected chi connectivity index (χ3v) is 4.03. The van der Waals surface area contributed by atoms with Crippen molar-refractivity contribution in [2.75, 3.05) is 4.90 Å². The summed E-state index contributed by atoms with van der Waals surface area (Å²) in [5.74, 6) is -1.01. The van der Waals surface area contributed by atoms with E-state index >= 15 is 0 Å². The van der Waals surface area contributed by atoms with Crippen molar-refractivity contribution in [3.05, 3.63) is 64.1 Å². The van der Waals surface area contributed by atoms with Crippen molar-refractivity contribution in [1.29, 1.82) is 0 Å². The number of hydrogen-bond donors (Lipinski definition) is 1. The van der Waals surface area contributed by atoms with Crippen LogP contribution < -0.4 is 4.90 Å². The van der Waals surface area contributed by atoms with Crippen LogP contribution in [0.2, 0.25) is 0 Å². The molecule has 0 radical (unpaired) electrons. The van der Waals surface area contributed by atoms with E-state index in [1.165, 1.54) is 6.92 Å². The minimum atomic E-state index is -0.505. The predicted octanol–water partition coefficient (Wildman–Crippen LogP) is 3.77. The number of hydrogen-bond acceptors (Lipinski definition) is 3. The summed E-state index contributed by atoms with van der Waals surface area (Å²) < 4.78 is 0.873. The molecule has 0 aliphatic carbocycles. The fourth-order valence-electron chi connectivity index (χ4n) is 2.51. The Hall–Kier alpha value is -2.40. The van der Waals surface area contributed by atoms with E-state index in [-0.39, 0.29) is 17.2 Å². The van der Waals surface area contributed by atoms with Crippen LogP contribution in [0.5, 0.6) is 0 Å². The number of aliphatic hydroxyl groups excluding tert-OH is 1. The van der Waals surface area contributed by atoms with Gasteiger partial charge in [0.2, 0.25) is 5.91 Å². The normalized spacial score (nSPS) is 15.7. The molecule has 0 unspecified atom stereocenters. The fraction of sp³-hybridized carbons (Fsp3) is 0.0588. The molecule has 0 bridgehead atoms. The Morgan fingerprint density at radius 3 is 2.36 bits per heavy atom. The van der Waals surface area contributed by atoms with Crippen molar-refractivity contribution in [1.82, 2.24) is 0 Å². The number of carbonyl (C=O) groups excluding carboxylic acids is 2. The van der Waals surface area contributed by atoms with E-state index in [1.54, 1.807) is 48.5 Å². The van der Waals surface area contributed by atoms with Gasteiger partial charge in [-0.2, -0.15) is 0 Å². The molecular formula is C17H12BrNO3. The Bertz CT molecular complexity index is 809. The summed E-state index contributed by atoms with van der Waals surface area (Å²) in [6, 6.07) is 13.9. The van der Waals surface area contributed by atoms with Crippen LogP contribution in [0.15, 0.2) is 53.0 Å². The highest BCUT2D eigenvalue weighted by Gasteiger charge is 2.37. The first-order valence-electron chi connectivity index (χ1n) is 6.64. The van der Waals surface area contributed by atoms with Crippen molar-refractivity contribution in [2.24, 2.45) is 0 Å². The zero-order chi connectivity index (χ0) is 15.9. The van der Waals surface area contributed by atoms with Crippen molar-refractivity contribution in [3.8, 4) is 0 Å². The Balaban J connectivity index is 2.22. The van der Waals surface area contributed by atoms with Crippen molar-refractivity contribution in [2.45, 2.75) is 6.92 Å². The first kappa shape index (κ1) is 14.5. The Morgan fingerprint density at radius 2 is 1.73 bits per heavy atom. The van der Waals surface area contributed by atoms with Gasteiger partial charge in [0.1, 0.15) is 5.76 Å². The number of rotatable bonds is 1. The molecule has 1 aliphatic rings. The molecule has 1 aliphatic heterocycles. The number of nitrogens with zero attached hydrogens (tertiary/aromatic N) is 1. The molecule has 0 fully saturated rings. The van der Waals surface area contributed by atoms with Gasteiger partial charge in [-0.3, -0.25) is 9.59 Å². The molecule has 5 heteroatoms. The standard InChI is InChI=1S/C17H12BrNO3/c1-10(20)19-14-5-3-2-4-13(14)15(17(19)22)16(21)11-6-8-12(18)9-7-11/h2-9,21H,1H3/b16-15+. The van der Waals surface area contributed by atoms with Crippen LogP contribution in [0.1, 0.15) is 18.1 Å². The molecule has 0 saturated heterocycles. The third kappa shape index (κ3) is 2.23. The fourth-order valence-corrected chi connectivity index (χ4v) is 2.77. The highest BCUT2D eigenvalue weighted by molar-refractivity contribution is 9.10. The maximum atomic E-state index is 12.6. The first-order chi connectivity index (χ1) is 10.5. The lowest BCUT2D eigenvalue weighted by atomic mass is 10.0. The summed E-state index contributed by atoms with van der Waals surface area (Å²) >= 11 is 3.33. The second-order valence-electron chi connectivity index (χ2n) is 4.91. The molecule has 22 heavy (non-hydrogen) atoms. The lowest BCUT2D eigenvalue weighted by Gasteiger charge is -2.11. The topological polar surface area (TPSA) is 57.6 Å². The summed E-state index contributed by atoms with van der Waals surface area (Å²) in [5, 5.41) is 10.5. The Morgan fingerprint density at radius 1 is 1.09 bits per heavy atom. The Labute approximate surface area is 135 Å². The molecule has 0 atom stereocenters. The van der Waals surface area contributed by atoms with Crippen LogP contribution in [0.4, 0.5) is 5.69 Å². The maximum absolute atomic E-state index is 12.6. The second kappa shape index (κ2) is 5.42. The predicted molar refractivity (Wildman–Crippen MR) is 88.2 cm³/mol. The summed E-state index contributed by atoms with van der Waals surface area (Å²) in [5.41, 5.74) is 1.72. The molecule has 4 nitrogen and oxygen atoms in total. The molecule has 2 aromatic carbocycles. The number of benzene rings is 2. The van der Waals surface area contributed by atoms with Crippen LogP contribution in [-0.4, -0.2) is 16.9 Å². The number of amides is 2. The van der Waals surface area contributed by atoms with E-state index in [0.717, 1.165) is 9.37 Å². The maximum Gasteiger partial charge on any atom is 0.269 e. The minimum Gasteiger partial charge on any atom is -0.506 e. The van der Waals surface area contributed by atoms with Gasteiger partial charge in [0.05, 0.1) is 11.3 Å². The molecule has 0 spiro atoms. The number of carbonyl (C=O) groups is 2. The third-order valence-electron chi connectivity index (χ3n) is 3.50. The lowest BCUT2D eigenvalue weighted by molar-refractivity contribution is -0.122. The van der Waals surface area contributed by atoms with Gasteiger partial charge in [-0.1, -0.05) is 46.3 Å². The summed E-state index contributed by atoms with van der Waals surface area (Å²) in [7, 11) is 0. The van der Waals surface area contributed by atoms with Gasteiger partial charge in [0, 0.05) is 22.5 Å². The van der Waals surface area contributed by atoms with Crippen LogP contribution in [-0.2, 0) is 9.59 Å². The molecule has 1 N–H and O–H groups in total. The number of fused-ring (bicyclic) bond motifs is 1. The summed E-state index contributed by atoms with van der Waals surface area (Å²) in [4.78, 5) is 25.4. The van der Waals surface area contributed by atoms with Crippen LogP contribution in [0, 0.1) is 0 Å². The number of anilines is 1. The quantitative estimate of drug-likeness (QED) is 0.624. The summed E-state index contributed by atoms with van der Waals surface area (Å²) in [6.45, 7) is 1.33.